The van der Waals surface area contributed by atoms with Crippen molar-refractivity contribution >= 4 is 38.5 Å². The van der Waals surface area contributed by atoms with Crippen molar-refractivity contribution in [2.24, 2.45) is 0 Å². The number of rotatable bonds is 4. The van der Waals surface area contributed by atoms with Gasteiger partial charge in [-0.05, 0) is 25.0 Å². The van der Waals surface area contributed by atoms with E-state index < -0.39 is 21.5 Å². The van der Waals surface area contributed by atoms with Crippen molar-refractivity contribution in [2.45, 2.75) is 55.9 Å². The molecule has 1 aromatic carbocycles. The van der Waals surface area contributed by atoms with Crippen LogP contribution in [0.4, 0.5) is 0 Å². The molecular weight excluding hydrogens is 346 g/mol. The Bertz CT molecular complexity index is 809. The van der Waals surface area contributed by atoms with Crippen molar-refractivity contribution in [3.63, 3.8) is 0 Å². The smallest absolute Gasteiger partial charge is 0.235 e. The molecule has 0 radical (unpaired) electrons. The lowest BCUT2D eigenvalue weighted by molar-refractivity contribution is -0.119. The Morgan fingerprint density at radius 3 is 2.58 bits per heavy atom. The Balaban J connectivity index is 1.69. The largest absolute Gasteiger partial charge is 0.352 e. The van der Waals surface area contributed by atoms with E-state index in [4.69, 9.17) is 0 Å². The first-order valence-corrected chi connectivity index (χ1v) is 10.7. The van der Waals surface area contributed by atoms with E-state index in [1.54, 1.807) is 12.1 Å². The van der Waals surface area contributed by atoms with Crippen molar-refractivity contribution in [1.82, 2.24) is 14.1 Å². The van der Waals surface area contributed by atoms with Crippen LogP contribution in [0.25, 0.3) is 11.0 Å². The highest BCUT2D eigenvalue weighted by Gasteiger charge is 2.24. The fourth-order valence-electron chi connectivity index (χ4n) is 3.15. The maximum atomic E-state index is 12.6. The monoisotopic (exact) mass is 367 g/mol. The average Bonchev–Trinajstić information content (AvgIpc) is 2.97. The molecule has 1 aromatic heterocycles. The van der Waals surface area contributed by atoms with Crippen LogP contribution in [-0.4, -0.2) is 34.9 Å². The number of nitrogens with one attached hydrogen (secondary N) is 1. The minimum absolute atomic E-state index is 0.0848. The Morgan fingerprint density at radius 1 is 1.12 bits per heavy atom. The number of nitrogens with zero attached hydrogens (tertiary/aromatic N) is 2. The van der Waals surface area contributed by atoms with E-state index in [-0.39, 0.29) is 10.9 Å². The zero-order valence-corrected chi connectivity index (χ0v) is 15.0. The summed E-state index contributed by atoms with van der Waals surface area (Å²) in [4.78, 5) is 12.3. The number of fused-ring (bicyclic) bond motifs is 1. The highest BCUT2D eigenvalue weighted by atomic mass is 32.2. The molecule has 0 saturated heterocycles. The summed E-state index contributed by atoms with van der Waals surface area (Å²) in [6.07, 6.45) is 7.64. The van der Waals surface area contributed by atoms with Crippen LogP contribution in [0.3, 0.4) is 0 Å². The third kappa shape index (κ3) is 4.10. The van der Waals surface area contributed by atoms with Gasteiger partial charge in [0.25, 0.3) is 0 Å². The normalized spacial score (nSPS) is 17.3. The number of amides is 1. The third-order valence-electron chi connectivity index (χ3n) is 4.38. The van der Waals surface area contributed by atoms with Crippen molar-refractivity contribution < 1.29 is 13.2 Å². The van der Waals surface area contributed by atoms with Gasteiger partial charge in [0.05, 0.1) is 16.6 Å². The summed E-state index contributed by atoms with van der Waals surface area (Å²) in [6.45, 7) is 0. The number of hydrogen-bond acceptors (Lipinski definition) is 6. The number of hydrogen-bond donors (Lipinski definition) is 1. The van der Waals surface area contributed by atoms with Crippen LogP contribution in [-0.2, 0) is 14.6 Å². The van der Waals surface area contributed by atoms with E-state index in [1.807, 2.05) is 0 Å². The number of sulfone groups is 1. The Kier molecular flexibility index (Phi) is 5.45. The molecule has 3 rings (SSSR count). The van der Waals surface area contributed by atoms with Crippen LogP contribution in [0.1, 0.15) is 44.9 Å². The predicted molar refractivity (Wildman–Crippen MR) is 93.7 cm³/mol. The van der Waals surface area contributed by atoms with Gasteiger partial charge in [0, 0.05) is 6.04 Å². The first kappa shape index (κ1) is 17.3. The molecular formula is C16H21N3O3S2. The molecule has 0 aliphatic heterocycles. The number of carbonyl (C=O) groups is 1. The molecule has 0 spiro atoms. The first-order chi connectivity index (χ1) is 11.6. The van der Waals surface area contributed by atoms with Gasteiger partial charge in [-0.3, -0.25) is 4.79 Å². The molecule has 6 nitrogen and oxygen atoms in total. The molecule has 1 aliphatic rings. The lowest BCUT2D eigenvalue weighted by atomic mass is 9.97. The van der Waals surface area contributed by atoms with Gasteiger partial charge in [-0.1, -0.05) is 38.2 Å². The second kappa shape index (κ2) is 7.57. The molecule has 1 aliphatic carbocycles. The second-order valence-electron chi connectivity index (χ2n) is 6.26. The Labute approximate surface area is 145 Å². The summed E-state index contributed by atoms with van der Waals surface area (Å²) in [5.41, 5.74) is 0.891. The van der Waals surface area contributed by atoms with Gasteiger partial charge >= 0.3 is 0 Å². The predicted octanol–water partition coefficient (Wildman–Crippen LogP) is 2.69. The van der Waals surface area contributed by atoms with Crippen LogP contribution >= 0.6 is 11.7 Å². The Morgan fingerprint density at radius 2 is 1.83 bits per heavy atom. The van der Waals surface area contributed by atoms with Gasteiger partial charge in [0.2, 0.25) is 5.91 Å². The van der Waals surface area contributed by atoms with Gasteiger partial charge in [-0.25, -0.2) is 8.42 Å². The average molecular weight is 367 g/mol. The molecule has 1 N–H and O–H groups in total. The highest BCUT2D eigenvalue weighted by molar-refractivity contribution is 7.92. The van der Waals surface area contributed by atoms with Gasteiger partial charge in [0.1, 0.15) is 16.8 Å². The van der Waals surface area contributed by atoms with Crippen molar-refractivity contribution in [3.8, 4) is 0 Å². The lowest BCUT2D eigenvalue weighted by Crippen LogP contribution is -2.38. The highest BCUT2D eigenvalue weighted by Crippen LogP contribution is 2.22. The van der Waals surface area contributed by atoms with Gasteiger partial charge < -0.3 is 5.32 Å². The molecule has 0 atom stereocenters. The minimum atomic E-state index is -3.73. The summed E-state index contributed by atoms with van der Waals surface area (Å²) in [5, 5.41) is 2.90. The number of carbonyl (C=O) groups excluding carboxylic acids is 1. The van der Waals surface area contributed by atoms with Crippen LogP contribution in [0.15, 0.2) is 23.1 Å². The van der Waals surface area contributed by atoms with Gasteiger partial charge in [-0.15, -0.1) is 0 Å². The zero-order valence-electron chi connectivity index (χ0n) is 13.4. The lowest BCUT2D eigenvalue weighted by Gasteiger charge is -2.21. The van der Waals surface area contributed by atoms with Crippen molar-refractivity contribution in [3.05, 3.63) is 18.2 Å². The van der Waals surface area contributed by atoms with Crippen LogP contribution in [0, 0.1) is 0 Å². The number of benzene rings is 1. The molecule has 1 heterocycles. The SMILES string of the molecule is O=C(CS(=O)(=O)c1cccc2nsnc12)NC1CCCCCCC1. The van der Waals surface area contributed by atoms with Crippen LogP contribution in [0.2, 0.25) is 0 Å². The maximum Gasteiger partial charge on any atom is 0.235 e. The molecule has 1 amide bonds. The molecule has 0 bridgehead atoms. The standard InChI is InChI=1S/C16H21N3O3S2/c20-15(17-12-7-4-2-1-3-5-8-12)11-24(21,22)14-10-6-9-13-16(14)19-23-18-13/h6,9-10,12H,1-5,7-8,11H2,(H,17,20). The molecule has 8 heteroatoms. The van der Waals surface area contributed by atoms with Crippen molar-refractivity contribution in [1.29, 1.82) is 0 Å². The van der Waals surface area contributed by atoms with Gasteiger partial charge in [0.15, 0.2) is 9.84 Å². The van der Waals surface area contributed by atoms with Gasteiger partial charge in [-0.2, -0.15) is 8.75 Å². The fraction of sp³-hybridized carbons (Fsp3) is 0.562. The third-order valence-corrected chi connectivity index (χ3v) is 6.56. The van der Waals surface area contributed by atoms with E-state index in [9.17, 15) is 13.2 Å². The summed E-state index contributed by atoms with van der Waals surface area (Å²) in [6, 6.07) is 4.92. The summed E-state index contributed by atoms with van der Waals surface area (Å²) in [5.74, 6) is -0.971. The second-order valence-corrected chi connectivity index (χ2v) is 8.74. The molecule has 1 fully saturated rings. The zero-order chi connectivity index (χ0) is 17.0. The molecule has 1 saturated carbocycles. The van der Waals surface area contributed by atoms with E-state index in [0.717, 1.165) is 37.4 Å². The fourth-order valence-corrected chi connectivity index (χ4v) is 5.07. The van der Waals surface area contributed by atoms with E-state index in [1.165, 1.54) is 25.3 Å². The van der Waals surface area contributed by atoms with Crippen LogP contribution in [0.5, 0.6) is 0 Å². The number of aromatic nitrogens is 2. The summed E-state index contributed by atoms with van der Waals surface area (Å²) in [7, 11) is -3.73. The summed E-state index contributed by atoms with van der Waals surface area (Å²) >= 11 is 0.970. The molecule has 2 aromatic rings. The summed E-state index contributed by atoms with van der Waals surface area (Å²) < 4.78 is 33.3. The molecule has 130 valence electrons. The van der Waals surface area contributed by atoms with E-state index in [2.05, 4.69) is 14.1 Å². The Hall–Kier alpha value is -1.54. The molecule has 0 unspecified atom stereocenters. The minimum Gasteiger partial charge on any atom is -0.352 e. The quantitative estimate of drug-likeness (QED) is 0.897. The van der Waals surface area contributed by atoms with Crippen molar-refractivity contribution in [2.75, 3.05) is 5.75 Å². The molecule has 24 heavy (non-hydrogen) atoms. The maximum absolute atomic E-state index is 12.6. The van der Waals surface area contributed by atoms with Crippen LogP contribution < -0.4 is 5.32 Å². The van der Waals surface area contributed by atoms with E-state index >= 15 is 0 Å². The van der Waals surface area contributed by atoms with E-state index in [0.29, 0.717) is 11.0 Å². The topological polar surface area (TPSA) is 89.0 Å². The first-order valence-electron chi connectivity index (χ1n) is 8.30.